The topological polar surface area (TPSA) is 52.0 Å². The lowest BCUT2D eigenvalue weighted by molar-refractivity contribution is 0.732. The van der Waals surface area contributed by atoms with Crippen LogP contribution >= 0.6 is 11.8 Å². The SMILES string of the molecule is NCCCCCSc1ccccc1N. The molecule has 4 N–H and O–H groups in total. The second kappa shape index (κ2) is 6.74. The Hall–Kier alpha value is -0.670. The highest BCUT2D eigenvalue weighted by Crippen LogP contribution is 2.25. The van der Waals surface area contributed by atoms with Crippen LogP contribution in [0.4, 0.5) is 5.69 Å². The number of nitrogens with two attached hydrogens (primary N) is 2. The van der Waals surface area contributed by atoms with Crippen molar-refractivity contribution in [2.24, 2.45) is 5.73 Å². The number of benzene rings is 1. The minimum atomic E-state index is 0.804. The molecule has 0 aliphatic heterocycles. The monoisotopic (exact) mass is 210 g/mol. The summed E-state index contributed by atoms with van der Waals surface area (Å²) in [7, 11) is 0. The number of thioether (sulfide) groups is 1. The van der Waals surface area contributed by atoms with Crippen LogP contribution < -0.4 is 11.5 Å². The van der Waals surface area contributed by atoms with E-state index in [9.17, 15) is 0 Å². The highest BCUT2D eigenvalue weighted by Gasteiger charge is 1.97. The molecule has 0 aliphatic rings. The van der Waals surface area contributed by atoms with E-state index in [1.807, 2.05) is 30.0 Å². The number of hydrogen-bond donors (Lipinski definition) is 2. The molecule has 14 heavy (non-hydrogen) atoms. The fourth-order valence-electron chi connectivity index (χ4n) is 1.22. The molecule has 0 atom stereocenters. The number of rotatable bonds is 6. The van der Waals surface area contributed by atoms with Crippen molar-refractivity contribution in [3.05, 3.63) is 24.3 Å². The average molecular weight is 210 g/mol. The average Bonchev–Trinajstić information content (AvgIpc) is 2.20. The van der Waals surface area contributed by atoms with Gasteiger partial charge in [0.15, 0.2) is 0 Å². The van der Waals surface area contributed by atoms with E-state index in [0.29, 0.717) is 0 Å². The third kappa shape index (κ3) is 4.03. The fraction of sp³-hybridized carbons (Fsp3) is 0.455. The molecule has 1 aromatic carbocycles. The van der Waals surface area contributed by atoms with Gasteiger partial charge in [-0.15, -0.1) is 11.8 Å². The Bertz CT molecular complexity index is 263. The van der Waals surface area contributed by atoms with E-state index in [-0.39, 0.29) is 0 Å². The van der Waals surface area contributed by atoms with E-state index < -0.39 is 0 Å². The Balaban J connectivity index is 2.21. The molecule has 0 unspecified atom stereocenters. The normalized spacial score (nSPS) is 10.4. The summed E-state index contributed by atoms with van der Waals surface area (Å²) in [4.78, 5) is 1.19. The molecular formula is C11H18N2S. The van der Waals surface area contributed by atoms with Crippen LogP contribution in [0.25, 0.3) is 0 Å². The number of unbranched alkanes of at least 4 members (excludes halogenated alkanes) is 2. The first-order valence-electron chi connectivity index (χ1n) is 5.02. The second-order valence-electron chi connectivity index (χ2n) is 3.24. The van der Waals surface area contributed by atoms with Gasteiger partial charge in [-0.05, 0) is 37.3 Å². The zero-order valence-corrected chi connectivity index (χ0v) is 9.22. The van der Waals surface area contributed by atoms with Crippen LogP contribution in [0.1, 0.15) is 19.3 Å². The van der Waals surface area contributed by atoms with Crippen LogP contribution in [-0.2, 0) is 0 Å². The molecule has 0 saturated carbocycles. The van der Waals surface area contributed by atoms with Gasteiger partial charge in [-0.3, -0.25) is 0 Å². The highest BCUT2D eigenvalue weighted by molar-refractivity contribution is 7.99. The van der Waals surface area contributed by atoms with Gasteiger partial charge in [-0.1, -0.05) is 18.6 Å². The quantitative estimate of drug-likeness (QED) is 0.431. The standard InChI is InChI=1S/C11H18N2S/c12-8-4-1-5-9-14-11-7-3-2-6-10(11)13/h2-3,6-7H,1,4-5,8-9,12-13H2. The number of anilines is 1. The van der Waals surface area contributed by atoms with Crippen LogP contribution in [0.5, 0.6) is 0 Å². The first-order valence-corrected chi connectivity index (χ1v) is 6.00. The van der Waals surface area contributed by atoms with Gasteiger partial charge < -0.3 is 11.5 Å². The molecule has 1 rings (SSSR count). The first-order chi connectivity index (χ1) is 6.84. The molecule has 2 nitrogen and oxygen atoms in total. The lowest BCUT2D eigenvalue weighted by Gasteiger charge is -2.04. The van der Waals surface area contributed by atoms with Crippen molar-refractivity contribution < 1.29 is 0 Å². The summed E-state index contributed by atoms with van der Waals surface area (Å²) in [6, 6.07) is 8.01. The van der Waals surface area contributed by atoms with Crippen molar-refractivity contribution in [3.63, 3.8) is 0 Å². The summed E-state index contributed by atoms with van der Waals surface area (Å²) in [5.74, 6) is 1.13. The molecule has 0 aliphatic carbocycles. The van der Waals surface area contributed by atoms with Crippen LogP contribution in [0.2, 0.25) is 0 Å². The molecule has 0 radical (unpaired) electrons. The van der Waals surface area contributed by atoms with Gasteiger partial charge in [0, 0.05) is 10.6 Å². The summed E-state index contributed by atoms with van der Waals surface area (Å²) >= 11 is 1.83. The molecule has 0 saturated heterocycles. The molecule has 0 aromatic heterocycles. The Morgan fingerprint density at radius 1 is 1.07 bits per heavy atom. The van der Waals surface area contributed by atoms with Gasteiger partial charge >= 0.3 is 0 Å². The molecular weight excluding hydrogens is 192 g/mol. The summed E-state index contributed by atoms with van der Waals surface area (Å²) in [5, 5.41) is 0. The molecule has 0 bridgehead atoms. The third-order valence-electron chi connectivity index (χ3n) is 2.03. The Morgan fingerprint density at radius 3 is 2.57 bits per heavy atom. The maximum atomic E-state index is 5.82. The Morgan fingerprint density at radius 2 is 1.86 bits per heavy atom. The van der Waals surface area contributed by atoms with Crippen molar-refractivity contribution in [2.75, 3.05) is 18.0 Å². The van der Waals surface area contributed by atoms with Crippen molar-refractivity contribution in [3.8, 4) is 0 Å². The fourth-order valence-corrected chi connectivity index (χ4v) is 2.20. The molecule has 1 aromatic rings. The van der Waals surface area contributed by atoms with Crippen molar-refractivity contribution in [2.45, 2.75) is 24.2 Å². The van der Waals surface area contributed by atoms with Crippen molar-refractivity contribution in [1.82, 2.24) is 0 Å². The Labute approximate surface area is 90.1 Å². The third-order valence-corrected chi connectivity index (χ3v) is 3.20. The number of nitrogen functional groups attached to an aromatic ring is 1. The van der Waals surface area contributed by atoms with Gasteiger partial charge in [-0.2, -0.15) is 0 Å². The second-order valence-corrected chi connectivity index (χ2v) is 4.37. The molecule has 0 spiro atoms. The van der Waals surface area contributed by atoms with Gasteiger partial charge in [0.05, 0.1) is 0 Å². The summed E-state index contributed by atoms with van der Waals surface area (Å²) < 4.78 is 0. The lowest BCUT2D eigenvalue weighted by atomic mass is 10.2. The van der Waals surface area contributed by atoms with Crippen LogP contribution in [0, 0.1) is 0 Å². The van der Waals surface area contributed by atoms with Crippen LogP contribution in [-0.4, -0.2) is 12.3 Å². The molecule has 0 amide bonds. The zero-order valence-electron chi connectivity index (χ0n) is 8.41. The largest absolute Gasteiger partial charge is 0.398 e. The van der Waals surface area contributed by atoms with Crippen LogP contribution in [0.3, 0.4) is 0 Å². The predicted octanol–water partition coefficient (Wildman–Crippen LogP) is 2.49. The van der Waals surface area contributed by atoms with E-state index in [0.717, 1.165) is 24.4 Å². The van der Waals surface area contributed by atoms with Gasteiger partial charge in [0.2, 0.25) is 0 Å². The van der Waals surface area contributed by atoms with E-state index in [1.165, 1.54) is 17.7 Å². The van der Waals surface area contributed by atoms with E-state index in [1.54, 1.807) is 0 Å². The Kier molecular flexibility index (Phi) is 5.49. The minimum absolute atomic E-state index is 0.804. The van der Waals surface area contributed by atoms with E-state index >= 15 is 0 Å². The van der Waals surface area contributed by atoms with Crippen LogP contribution in [0.15, 0.2) is 29.2 Å². The molecule has 3 heteroatoms. The first kappa shape index (κ1) is 11.4. The smallest absolute Gasteiger partial charge is 0.0452 e. The zero-order chi connectivity index (χ0) is 10.2. The highest BCUT2D eigenvalue weighted by atomic mass is 32.2. The molecule has 78 valence electrons. The molecule has 0 heterocycles. The van der Waals surface area contributed by atoms with Gasteiger partial charge in [-0.25, -0.2) is 0 Å². The summed E-state index contributed by atoms with van der Waals surface area (Å²) in [6.07, 6.45) is 3.57. The molecule has 0 fully saturated rings. The van der Waals surface area contributed by atoms with E-state index in [2.05, 4.69) is 6.07 Å². The number of hydrogen-bond acceptors (Lipinski definition) is 3. The van der Waals surface area contributed by atoms with Crippen molar-refractivity contribution in [1.29, 1.82) is 0 Å². The minimum Gasteiger partial charge on any atom is -0.398 e. The number of para-hydroxylation sites is 1. The van der Waals surface area contributed by atoms with Gasteiger partial charge in [0.1, 0.15) is 0 Å². The maximum Gasteiger partial charge on any atom is 0.0452 e. The summed E-state index contributed by atoms with van der Waals surface area (Å²) in [5.41, 5.74) is 12.1. The summed E-state index contributed by atoms with van der Waals surface area (Å²) in [6.45, 7) is 0.804. The van der Waals surface area contributed by atoms with E-state index in [4.69, 9.17) is 11.5 Å². The maximum absolute atomic E-state index is 5.82. The van der Waals surface area contributed by atoms with Gasteiger partial charge in [0.25, 0.3) is 0 Å². The predicted molar refractivity (Wildman–Crippen MR) is 64.5 cm³/mol. The lowest BCUT2D eigenvalue weighted by Crippen LogP contribution is -1.98. The van der Waals surface area contributed by atoms with Crippen molar-refractivity contribution >= 4 is 17.4 Å².